The lowest BCUT2D eigenvalue weighted by Crippen LogP contribution is -2.20. The van der Waals surface area contributed by atoms with Crippen molar-refractivity contribution in [1.82, 2.24) is 5.43 Å². The van der Waals surface area contributed by atoms with Crippen LogP contribution in [0.1, 0.15) is 56.0 Å². The van der Waals surface area contributed by atoms with E-state index < -0.39 is 0 Å². The predicted octanol–water partition coefficient (Wildman–Crippen LogP) is 5.05. The van der Waals surface area contributed by atoms with Crippen molar-refractivity contribution in [2.24, 2.45) is 11.0 Å². The second-order valence-electron chi connectivity index (χ2n) is 6.67. The van der Waals surface area contributed by atoms with Crippen molar-refractivity contribution in [2.75, 3.05) is 6.61 Å². The second-order valence-corrected chi connectivity index (χ2v) is 6.67. The number of hydrogen-bond acceptors (Lipinski definition) is 3. The van der Waals surface area contributed by atoms with Gasteiger partial charge in [0.05, 0.1) is 12.3 Å². The lowest BCUT2D eigenvalue weighted by atomic mass is 10.1. The Morgan fingerprint density at radius 1 is 1.04 bits per heavy atom. The number of rotatable bonds is 9. The van der Waals surface area contributed by atoms with Crippen LogP contribution in [-0.2, 0) is 0 Å². The number of carbonyl (C=O) groups is 1. The van der Waals surface area contributed by atoms with E-state index in [1.54, 1.807) is 12.1 Å². The van der Waals surface area contributed by atoms with Gasteiger partial charge in [0.15, 0.2) is 0 Å². The molecular formula is C22H28N2O2. The molecule has 0 heterocycles. The monoisotopic (exact) mass is 352 g/mol. The first-order chi connectivity index (χ1) is 12.6. The van der Waals surface area contributed by atoms with Crippen LogP contribution in [0, 0.1) is 5.92 Å². The zero-order valence-electron chi connectivity index (χ0n) is 15.9. The van der Waals surface area contributed by atoms with Gasteiger partial charge in [-0.15, -0.1) is 0 Å². The SMILES string of the molecule is CCC/C(=N/NC(=O)c1ccc(OCCC(C)C)cc1)c1ccccc1. The van der Waals surface area contributed by atoms with Gasteiger partial charge in [-0.3, -0.25) is 4.79 Å². The average Bonchev–Trinajstić information content (AvgIpc) is 2.66. The number of nitrogens with zero attached hydrogens (tertiary/aromatic N) is 1. The molecule has 0 spiro atoms. The normalized spacial score (nSPS) is 11.5. The highest BCUT2D eigenvalue weighted by Crippen LogP contribution is 2.13. The molecule has 138 valence electrons. The Kier molecular flexibility index (Phi) is 7.87. The van der Waals surface area contributed by atoms with E-state index >= 15 is 0 Å². The molecule has 0 saturated heterocycles. The van der Waals surface area contributed by atoms with Crippen LogP contribution in [0.5, 0.6) is 5.75 Å². The molecule has 0 aromatic heterocycles. The molecule has 0 bridgehead atoms. The molecule has 1 amide bonds. The molecule has 2 aromatic carbocycles. The van der Waals surface area contributed by atoms with Crippen molar-refractivity contribution >= 4 is 11.6 Å². The summed E-state index contributed by atoms with van der Waals surface area (Å²) in [4.78, 5) is 12.3. The first-order valence-electron chi connectivity index (χ1n) is 9.25. The largest absolute Gasteiger partial charge is 0.494 e. The smallest absolute Gasteiger partial charge is 0.271 e. The number of hydrazone groups is 1. The molecule has 1 N–H and O–H groups in total. The van der Waals surface area contributed by atoms with E-state index in [2.05, 4.69) is 31.3 Å². The summed E-state index contributed by atoms with van der Waals surface area (Å²) in [5, 5.41) is 4.34. The van der Waals surface area contributed by atoms with E-state index in [1.807, 2.05) is 42.5 Å². The lowest BCUT2D eigenvalue weighted by molar-refractivity contribution is 0.0954. The molecule has 0 unspecified atom stereocenters. The highest BCUT2D eigenvalue weighted by molar-refractivity contribution is 6.02. The van der Waals surface area contributed by atoms with Gasteiger partial charge in [0.25, 0.3) is 5.91 Å². The molecule has 0 aliphatic rings. The molecule has 0 atom stereocenters. The molecule has 0 radical (unpaired) electrons. The summed E-state index contributed by atoms with van der Waals surface area (Å²) < 4.78 is 5.68. The zero-order valence-corrected chi connectivity index (χ0v) is 15.9. The number of nitrogens with one attached hydrogen (secondary N) is 1. The zero-order chi connectivity index (χ0) is 18.8. The second kappa shape index (κ2) is 10.4. The summed E-state index contributed by atoms with van der Waals surface area (Å²) in [7, 11) is 0. The quantitative estimate of drug-likeness (QED) is 0.507. The number of hydrogen-bond donors (Lipinski definition) is 1. The maximum atomic E-state index is 12.3. The summed E-state index contributed by atoms with van der Waals surface area (Å²) >= 11 is 0. The fourth-order valence-electron chi connectivity index (χ4n) is 2.43. The van der Waals surface area contributed by atoms with Crippen LogP contribution in [0.25, 0.3) is 0 Å². The number of carbonyl (C=O) groups excluding carboxylic acids is 1. The average molecular weight is 352 g/mol. The van der Waals surface area contributed by atoms with E-state index in [1.165, 1.54) is 0 Å². The maximum Gasteiger partial charge on any atom is 0.271 e. The van der Waals surface area contributed by atoms with Gasteiger partial charge in [-0.2, -0.15) is 5.10 Å². The van der Waals surface area contributed by atoms with Crippen LogP contribution in [0.4, 0.5) is 0 Å². The van der Waals surface area contributed by atoms with Gasteiger partial charge in [0, 0.05) is 5.56 Å². The molecule has 4 nitrogen and oxygen atoms in total. The molecule has 4 heteroatoms. The predicted molar refractivity (Wildman–Crippen MR) is 107 cm³/mol. The minimum Gasteiger partial charge on any atom is -0.494 e. The van der Waals surface area contributed by atoms with Gasteiger partial charge in [-0.25, -0.2) is 5.43 Å². The summed E-state index contributed by atoms with van der Waals surface area (Å²) in [5.41, 5.74) is 5.15. The van der Waals surface area contributed by atoms with Gasteiger partial charge < -0.3 is 4.74 Å². The topological polar surface area (TPSA) is 50.7 Å². The van der Waals surface area contributed by atoms with Crippen LogP contribution in [-0.4, -0.2) is 18.2 Å². The third-order valence-corrected chi connectivity index (χ3v) is 3.97. The van der Waals surface area contributed by atoms with Gasteiger partial charge in [0.2, 0.25) is 0 Å². The number of ether oxygens (including phenoxy) is 1. The minimum absolute atomic E-state index is 0.219. The van der Waals surface area contributed by atoms with E-state index in [0.29, 0.717) is 18.1 Å². The molecule has 2 aromatic rings. The molecule has 0 fully saturated rings. The highest BCUT2D eigenvalue weighted by Gasteiger charge is 2.07. The standard InChI is InChI=1S/C22H28N2O2/c1-4-8-21(18-9-6-5-7-10-18)23-24-22(25)19-11-13-20(14-12-19)26-16-15-17(2)3/h5-7,9-14,17H,4,8,15-16H2,1-3H3,(H,24,25)/b23-21-. The Morgan fingerprint density at radius 3 is 2.35 bits per heavy atom. The van der Waals surface area contributed by atoms with Crippen molar-refractivity contribution in [1.29, 1.82) is 0 Å². The fourth-order valence-corrected chi connectivity index (χ4v) is 2.43. The molecular weight excluding hydrogens is 324 g/mol. The Bertz CT molecular complexity index is 707. The molecule has 0 aliphatic carbocycles. The van der Waals surface area contributed by atoms with E-state index in [-0.39, 0.29) is 5.91 Å². The van der Waals surface area contributed by atoms with Crippen molar-refractivity contribution in [3.8, 4) is 5.75 Å². The summed E-state index contributed by atoms with van der Waals surface area (Å²) in [5.74, 6) is 1.17. The van der Waals surface area contributed by atoms with Gasteiger partial charge in [0.1, 0.15) is 5.75 Å². The van der Waals surface area contributed by atoms with E-state index in [0.717, 1.165) is 36.3 Å². The Balaban J connectivity index is 1.97. The minimum atomic E-state index is -0.219. The Hall–Kier alpha value is -2.62. The van der Waals surface area contributed by atoms with Crippen molar-refractivity contribution < 1.29 is 9.53 Å². The van der Waals surface area contributed by atoms with Crippen LogP contribution >= 0.6 is 0 Å². The molecule has 0 aliphatic heterocycles. The van der Waals surface area contributed by atoms with Crippen LogP contribution < -0.4 is 10.2 Å². The summed E-state index contributed by atoms with van der Waals surface area (Å²) in [6.45, 7) is 7.11. The van der Waals surface area contributed by atoms with Gasteiger partial charge in [-0.05, 0) is 48.6 Å². The van der Waals surface area contributed by atoms with Crippen LogP contribution in [0.15, 0.2) is 59.7 Å². The van der Waals surface area contributed by atoms with Crippen LogP contribution in [0.3, 0.4) is 0 Å². The van der Waals surface area contributed by atoms with Gasteiger partial charge in [-0.1, -0.05) is 57.5 Å². The Labute approximate surface area is 156 Å². The first-order valence-corrected chi connectivity index (χ1v) is 9.25. The number of amides is 1. The number of benzene rings is 2. The van der Waals surface area contributed by atoms with Crippen molar-refractivity contribution in [3.63, 3.8) is 0 Å². The van der Waals surface area contributed by atoms with E-state index in [9.17, 15) is 4.79 Å². The third kappa shape index (κ3) is 6.36. The first kappa shape index (κ1) is 19.7. The summed E-state index contributed by atoms with van der Waals surface area (Å²) in [6.07, 6.45) is 2.79. The lowest BCUT2D eigenvalue weighted by Gasteiger charge is -2.09. The highest BCUT2D eigenvalue weighted by atomic mass is 16.5. The molecule has 2 rings (SSSR count). The molecule has 26 heavy (non-hydrogen) atoms. The maximum absolute atomic E-state index is 12.3. The fraction of sp³-hybridized carbons (Fsp3) is 0.364. The van der Waals surface area contributed by atoms with E-state index in [4.69, 9.17) is 4.74 Å². The Morgan fingerprint density at radius 2 is 1.73 bits per heavy atom. The third-order valence-electron chi connectivity index (χ3n) is 3.97. The van der Waals surface area contributed by atoms with Crippen molar-refractivity contribution in [3.05, 3.63) is 65.7 Å². The van der Waals surface area contributed by atoms with Gasteiger partial charge >= 0.3 is 0 Å². The molecule has 0 saturated carbocycles. The van der Waals surface area contributed by atoms with Crippen molar-refractivity contribution in [2.45, 2.75) is 40.0 Å². The van der Waals surface area contributed by atoms with Crippen LogP contribution in [0.2, 0.25) is 0 Å². The summed E-state index contributed by atoms with van der Waals surface area (Å²) in [6, 6.07) is 17.1.